The summed E-state index contributed by atoms with van der Waals surface area (Å²) in [5.41, 5.74) is 0.186. The summed E-state index contributed by atoms with van der Waals surface area (Å²) in [5, 5.41) is 3.95. The second-order valence-electron chi connectivity index (χ2n) is 10.3. The number of rotatable bonds is 3. The summed E-state index contributed by atoms with van der Waals surface area (Å²) in [4.78, 5) is 40.8. The average Bonchev–Trinajstić information content (AvgIpc) is 2.97. The summed E-state index contributed by atoms with van der Waals surface area (Å²) >= 11 is 0. The van der Waals surface area contributed by atoms with Crippen molar-refractivity contribution in [1.82, 2.24) is 14.8 Å². The zero-order valence-electron chi connectivity index (χ0n) is 19.6. The second-order valence-corrected chi connectivity index (χ2v) is 10.3. The lowest BCUT2D eigenvalue weighted by Gasteiger charge is -2.39. The highest BCUT2D eigenvalue weighted by atomic mass is 16.6. The van der Waals surface area contributed by atoms with Crippen molar-refractivity contribution in [2.24, 2.45) is 0 Å². The van der Waals surface area contributed by atoms with Gasteiger partial charge < -0.3 is 19.5 Å². The monoisotopic (exact) mass is 439 g/mol. The summed E-state index contributed by atoms with van der Waals surface area (Å²) in [6.45, 7) is 9.49. The van der Waals surface area contributed by atoms with Crippen LogP contribution in [0.1, 0.15) is 76.7 Å². The van der Waals surface area contributed by atoms with E-state index in [-0.39, 0.29) is 47.3 Å². The van der Waals surface area contributed by atoms with Crippen LogP contribution in [0.25, 0.3) is 10.9 Å². The van der Waals surface area contributed by atoms with E-state index >= 15 is 0 Å². The van der Waals surface area contributed by atoms with E-state index in [1.54, 1.807) is 10.6 Å². The van der Waals surface area contributed by atoms with E-state index in [0.29, 0.717) is 12.8 Å². The zero-order chi connectivity index (χ0) is 23.2. The van der Waals surface area contributed by atoms with E-state index in [2.05, 4.69) is 5.32 Å². The molecule has 2 bridgehead atoms. The van der Waals surface area contributed by atoms with Gasteiger partial charge in [-0.3, -0.25) is 9.59 Å². The Hall–Kier alpha value is -2.83. The maximum Gasteiger partial charge on any atom is 0.410 e. The van der Waals surface area contributed by atoms with Crippen molar-refractivity contribution in [2.75, 3.05) is 0 Å². The van der Waals surface area contributed by atoms with Crippen LogP contribution >= 0.6 is 0 Å². The van der Waals surface area contributed by atoms with Crippen LogP contribution in [0.2, 0.25) is 0 Å². The number of aromatic nitrogens is 1. The lowest BCUT2D eigenvalue weighted by molar-refractivity contribution is 0.00500. The van der Waals surface area contributed by atoms with Crippen LogP contribution in [0, 0.1) is 0 Å². The van der Waals surface area contributed by atoms with Crippen LogP contribution in [0.4, 0.5) is 4.79 Å². The predicted octanol–water partition coefficient (Wildman–Crippen LogP) is 4.24. The maximum absolute atomic E-state index is 13.2. The van der Waals surface area contributed by atoms with Crippen molar-refractivity contribution < 1.29 is 14.3 Å². The molecule has 0 saturated carbocycles. The molecular weight excluding hydrogens is 406 g/mol. The number of nitrogens with one attached hydrogen (secondary N) is 1. The Morgan fingerprint density at radius 1 is 1.09 bits per heavy atom. The summed E-state index contributed by atoms with van der Waals surface area (Å²) in [6.07, 6.45) is 2.89. The topological polar surface area (TPSA) is 80.6 Å². The zero-order valence-corrected chi connectivity index (χ0v) is 19.6. The summed E-state index contributed by atoms with van der Waals surface area (Å²) in [6, 6.07) is 9.29. The first-order valence-electron chi connectivity index (χ1n) is 11.5. The fourth-order valence-corrected chi connectivity index (χ4v) is 5.13. The fourth-order valence-electron chi connectivity index (χ4n) is 5.13. The van der Waals surface area contributed by atoms with Crippen molar-refractivity contribution >= 4 is 22.9 Å². The highest BCUT2D eigenvalue weighted by Crippen LogP contribution is 2.37. The third-order valence-electron chi connectivity index (χ3n) is 6.38. The number of piperidine rings is 1. The van der Waals surface area contributed by atoms with E-state index < -0.39 is 5.60 Å². The van der Waals surface area contributed by atoms with Gasteiger partial charge in [0.15, 0.2) is 0 Å². The number of hydrogen-bond donors (Lipinski definition) is 1. The van der Waals surface area contributed by atoms with E-state index in [1.165, 1.54) is 0 Å². The van der Waals surface area contributed by atoms with Gasteiger partial charge in [0.1, 0.15) is 11.2 Å². The third kappa shape index (κ3) is 4.25. The van der Waals surface area contributed by atoms with Gasteiger partial charge in [0.2, 0.25) is 0 Å². The van der Waals surface area contributed by atoms with Gasteiger partial charge in [-0.1, -0.05) is 18.2 Å². The van der Waals surface area contributed by atoms with Crippen LogP contribution in [-0.2, 0) is 4.74 Å². The second kappa shape index (κ2) is 8.26. The van der Waals surface area contributed by atoms with Crippen LogP contribution in [0.3, 0.4) is 0 Å². The molecule has 7 heteroatoms. The van der Waals surface area contributed by atoms with E-state index in [9.17, 15) is 14.4 Å². The number of para-hydroxylation sites is 1. The minimum Gasteiger partial charge on any atom is -0.444 e. The molecule has 2 amide bonds. The molecule has 2 aliphatic rings. The fraction of sp³-hybridized carbons (Fsp3) is 0.560. The Balaban J connectivity index is 1.53. The Bertz CT molecular complexity index is 1080. The van der Waals surface area contributed by atoms with Gasteiger partial charge in [0.05, 0.1) is 5.52 Å². The highest BCUT2D eigenvalue weighted by Gasteiger charge is 2.45. The van der Waals surface area contributed by atoms with E-state index in [1.807, 2.05) is 63.8 Å². The van der Waals surface area contributed by atoms with Crippen LogP contribution in [-0.4, -0.2) is 45.2 Å². The third-order valence-corrected chi connectivity index (χ3v) is 6.38. The summed E-state index contributed by atoms with van der Waals surface area (Å²) < 4.78 is 7.27. The number of benzene rings is 1. The van der Waals surface area contributed by atoms with Crippen molar-refractivity contribution in [2.45, 2.75) is 90.1 Å². The molecule has 4 rings (SSSR count). The molecule has 2 aromatic rings. The van der Waals surface area contributed by atoms with E-state index in [0.717, 1.165) is 23.7 Å². The number of ether oxygens (including phenoxy) is 1. The Morgan fingerprint density at radius 3 is 2.31 bits per heavy atom. The predicted molar refractivity (Wildman–Crippen MR) is 124 cm³/mol. The molecule has 1 aromatic carbocycles. The van der Waals surface area contributed by atoms with Crippen molar-refractivity contribution in [3.8, 4) is 0 Å². The first kappa shape index (κ1) is 22.4. The van der Waals surface area contributed by atoms with Crippen LogP contribution in [0.15, 0.2) is 35.1 Å². The number of fused-ring (bicyclic) bond motifs is 3. The first-order chi connectivity index (χ1) is 15.0. The molecule has 0 aliphatic carbocycles. The first-order valence-corrected chi connectivity index (χ1v) is 11.5. The molecule has 2 saturated heterocycles. The molecule has 2 fully saturated rings. The molecule has 3 heterocycles. The van der Waals surface area contributed by atoms with Crippen LogP contribution in [0.5, 0.6) is 0 Å². The minimum absolute atomic E-state index is 0.0535. The lowest BCUT2D eigenvalue weighted by atomic mass is 9.97. The van der Waals surface area contributed by atoms with E-state index in [4.69, 9.17) is 4.74 Å². The number of carbonyl (C=O) groups excluding carboxylic acids is 2. The smallest absolute Gasteiger partial charge is 0.410 e. The molecule has 0 radical (unpaired) electrons. The van der Waals surface area contributed by atoms with Crippen molar-refractivity contribution in [1.29, 1.82) is 0 Å². The number of carbonyl (C=O) groups is 2. The normalized spacial score (nSPS) is 22.9. The molecule has 2 atom stereocenters. The molecule has 0 spiro atoms. The minimum atomic E-state index is -0.534. The Labute approximate surface area is 188 Å². The lowest BCUT2D eigenvalue weighted by Crippen LogP contribution is -2.53. The van der Waals surface area contributed by atoms with Gasteiger partial charge in [-0.15, -0.1) is 0 Å². The van der Waals surface area contributed by atoms with Gasteiger partial charge in [-0.25, -0.2) is 4.79 Å². The van der Waals surface area contributed by atoms with Crippen molar-refractivity contribution in [3.05, 3.63) is 46.2 Å². The molecule has 1 N–H and O–H groups in total. The maximum atomic E-state index is 13.2. The number of hydrogen-bond acceptors (Lipinski definition) is 4. The summed E-state index contributed by atoms with van der Waals surface area (Å²) in [7, 11) is 0. The Morgan fingerprint density at radius 2 is 1.72 bits per heavy atom. The number of amides is 2. The van der Waals surface area contributed by atoms with Gasteiger partial charge >= 0.3 is 6.09 Å². The molecule has 32 heavy (non-hydrogen) atoms. The Kier molecular flexibility index (Phi) is 5.77. The molecular formula is C25H33N3O4. The highest BCUT2D eigenvalue weighted by molar-refractivity contribution is 5.97. The molecule has 7 nitrogen and oxygen atoms in total. The van der Waals surface area contributed by atoms with Gasteiger partial charge in [-0.05, 0) is 77.8 Å². The quantitative estimate of drug-likeness (QED) is 0.776. The van der Waals surface area contributed by atoms with Gasteiger partial charge in [0.25, 0.3) is 11.5 Å². The molecule has 2 unspecified atom stereocenters. The van der Waals surface area contributed by atoms with Crippen molar-refractivity contribution in [3.63, 3.8) is 0 Å². The summed E-state index contributed by atoms with van der Waals surface area (Å²) in [5.74, 6) is -0.342. The van der Waals surface area contributed by atoms with Gasteiger partial charge in [-0.2, -0.15) is 0 Å². The van der Waals surface area contributed by atoms with Gasteiger partial charge in [0, 0.05) is 24.2 Å². The average molecular weight is 440 g/mol. The van der Waals surface area contributed by atoms with Crippen LogP contribution < -0.4 is 10.9 Å². The standard InChI is InChI=1S/C25H33N3O4/c1-15(2)27-21-9-7-6-8-16(21)12-20(23(27)30)22(29)26-17-13-18-10-11-19(14-17)28(18)24(31)32-25(3,4)5/h6-9,12,15,17-19H,10-11,13-14H2,1-5H3,(H,26,29). The SMILES string of the molecule is CC(C)n1c(=O)c(C(=O)NC2CC3CCC(C2)N3C(=O)OC(C)(C)C)cc2ccccc21. The largest absolute Gasteiger partial charge is 0.444 e. The number of pyridine rings is 1. The molecule has 1 aromatic heterocycles. The number of nitrogens with zero attached hydrogens (tertiary/aromatic N) is 2. The molecule has 172 valence electrons. The molecule has 2 aliphatic heterocycles.